The molecule has 19 heteroatoms. The Kier molecular flexibility index (Phi) is 38.8. The van der Waals surface area contributed by atoms with Gasteiger partial charge in [-0.15, -0.1) is 0 Å². The van der Waals surface area contributed by atoms with Gasteiger partial charge >= 0.3 is 89.7 Å². The second-order valence-electron chi connectivity index (χ2n) is 2.18. The number of allylic oxidation sites excluding steroid dienone is 2. The normalized spacial score (nSPS) is 8.33. The van der Waals surface area contributed by atoms with Crippen molar-refractivity contribution in [2.75, 3.05) is 0 Å². The zero-order valence-electron chi connectivity index (χ0n) is 11.5. The Hall–Kier alpha value is 1.09. The molecule has 0 saturated heterocycles. The molecule has 0 bridgehead atoms. The van der Waals surface area contributed by atoms with E-state index in [2.05, 4.69) is 13.6 Å². The fourth-order valence-electron chi connectivity index (χ4n) is 0.166. The molecule has 0 aliphatic carbocycles. The van der Waals surface area contributed by atoms with Gasteiger partial charge in [-0.1, -0.05) is 0 Å². The van der Waals surface area contributed by atoms with Gasteiger partial charge in [-0.25, -0.2) is 15.1 Å². The number of hydrogen-bond donors (Lipinski definition) is 0. The Morgan fingerprint density at radius 3 is 0.852 bits per heavy atom. The summed E-state index contributed by atoms with van der Waals surface area (Å²) in [5.74, 6) is -5.64. The van der Waals surface area contributed by atoms with Crippen LogP contribution in [0.15, 0.2) is 40.7 Å². The van der Waals surface area contributed by atoms with E-state index in [1.54, 1.807) is 0 Å². The molecule has 0 saturated carbocycles. The van der Waals surface area contributed by atoms with Crippen molar-refractivity contribution >= 4 is 59.8 Å². The molecule has 0 N–H and O–H groups in total. The van der Waals surface area contributed by atoms with Gasteiger partial charge in [0.15, 0.2) is 0 Å². The van der Waals surface area contributed by atoms with E-state index in [-0.39, 0.29) is 6.33 Å². The molecular weight excluding hydrogens is 711 g/mol. The fourth-order valence-corrected chi connectivity index (χ4v) is 0.166. The van der Waals surface area contributed by atoms with E-state index in [4.69, 9.17) is 30.3 Å². The van der Waals surface area contributed by atoms with E-state index < -0.39 is 51.9 Å². The van der Waals surface area contributed by atoms with Crippen molar-refractivity contribution in [3.63, 3.8) is 0 Å². The summed E-state index contributed by atoms with van der Waals surface area (Å²) in [6.07, 6.45) is -10.8. The Balaban J connectivity index is -0.0000000821. The zero-order valence-corrected chi connectivity index (χ0v) is 21.0. The first-order valence-electron chi connectivity index (χ1n) is 4.37. The summed E-state index contributed by atoms with van der Waals surface area (Å²) in [4.78, 5) is 0. The second kappa shape index (κ2) is 27.1. The molecule has 0 radical (unpaired) electrons. The summed E-state index contributed by atoms with van der Waals surface area (Å²) in [6.45, 7) is 0. The molecule has 0 unspecified atom stereocenters. The Bertz CT molecular complexity index is 448. The van der Waals surface area contributed by atoms with Crippen molar-refractivity contribution in [3.05, 3.63) is 47.0 Å². The molecule has 0 spiro atoms. The van der Waals surface area contributed by atoms with Crippen molar-refractivity contribution in [1.82, 2.24) is 0 Å². The molecule has 0 heterocycles. The Labute approximate surface area is 186 Å². The van der Waals surface area contributed by atoms with Crippen LogP contribution in [-0.2, 0) is 27.5 Å². The standard InChI is InChI=1S/C4F6.C2BrF3.C2F3.BrH.3ClH.Fe.Zn/c5-1(3(7)8)2(6)4(9)10;3-1(4)2(5)6;3-1-2(4)5;;;;;;/h;;;4*1H;;/q;;-1;;;;;+3;+2/p-4. The minimum absolute atomic E-state index is 0.111. The molecule has 0 aliphatic heterocycles. The van der Waals surface area contributed by atoms with E-state index >= 15 is 0 Å². The molecule has 0 fully saturated rings. The van der Waals surface area contributed by atoms with Gasteiger partial charge in [-0.2, -0.15) is 39.5 Å². The molecule has 0 atom stereocenters. The Morgan fingerprint density at radius 2 is 0.815 bits per heavy atom. The van der Waals surface area contributed by atoms with E-state index in [0.29, 0.717) is 0 Å². The SMILES string of the molecule is FC(F)=C(F)Br.FC(F)=C(F)C(F)=C(F)F.F[C-]=C(F)F.[Cl][Fe]([Cl])[Cl].[Zn+][Br]. The molecule has 0 nitrogen and oxygen atoms in total. The zero-order chi connectivity index (χ0) is 23.3. The number of rotatable bonds is 1. The van der Waals surface area contributed by atoms with Gasteiger partial charge < -0.3 is 4.39 Å². The van der Waals surface area contributed by atoms with Crippen LogP contribution < -0.4 is 0 Å². The Morgan fingerprint density at radius 1 is 0.667 bits per heavy atom. The van der Waals surface area contributed by atoms with Gasteiger partial charge in [-0.05, 0) is 15.9 Å². The quantitative estimate of drug-likeness (QED) is 0.110. The van der Waals surface area contributed by atoms with Crippen molar-refractivity contribution in [1.29, 1.82) is 0 Å². The van der Waals surface area contributed by atoms with Crippen LogP contribution in [0.1, 0.15) is 0 Å². The van der Waals surface area contributed by atoms with Crippen molar-refractivity contribution in [2.45, 2.75) is 0 Å². The third kappa shape index (κ3) is 46.8. The summed E-state index contributed by atoms with van der Waals surface area (Å²) < 4.78 is 127. The van der Waals surface area contributed by atoms with Crippen LogP contribution in [-0.4, -0.2) is 0 Å². The van der Waals surface area contributed by atoms with Crippen LogP contribution >= 0.6 is 59.8 Å². The summed E-state index contributed by atoms with van der Waals surface area (Å²) in [5, 5.41) is 0. The van der Waals surface area contributed by atoms with Crippen molar-refractivity contribution in [3.8, 4) is 0 Å². The molecule has 0 rings (SSSR count). The van der Waals surface area contributed by atoms with E-state index in [1.165, 1.54) is 16.3 Å². The summed E-state index contributed by atoms with van der Waals surface area (Å²) in [7, 11) is 14.7. The molecule has 0 aromatic rings. The maximum absolute atomic E-state index is 11.4. The third-order valence-corrected chi connectivity index (χ3v) is 1.04. The maximum atomic E-state index is 11.4. The van der Waals surface area contributed by atoms with E-state index in [1.807, 2.05) is 15.9 Å². The molecule has 0 aliphatic rings. The van der Waals surface area contributed by atoms with Gasteiger partial charge in [0.1, 0.15) is 6.08 Å². The second-order valence-corrected chi connectivity index (χ2v) is 8.34. The predicted octanol–water partition coefficient (Wildman–Crippen LogP) is 9.96. The van der Waals surface area contributed by atoms with Gasteiger partial charge in [0.25, 0.3) is 0 Å². The van der Waals surface area contributed by atoms with Crippen LogP contribution in [0.5, 0.6) is 0 Å². The van der Waals surface area contributed by atoms with Gasteiger partial charge in [-0.3, -0.25) is 0 Å². The van der Waals surface area contributed by atoms with Crippen LogP contribution in [0.25, 0.3) is 0 Å². The summed E-state index contributed by atoms with van der Waals surface area (Å²) in [5.41, 5.74) is 0. The number of halogens is 17. The first kappa shape index (κ1) is 38.7. The van der Waals surface area contributed by atoms with Crippen LogP contribution in [0, 0.1) is 6.33 Å². The monoisotopic (exact) mass is 707 g/mol. The molecule has 0 aromatic carbocycles. The first-order valence-corrected chi connectivity index (χ1v) is 16.7. The average molecular weight is 711 g/mol. The minimum atomic E-state index is -3.11. The topological polar surface area (TPSA) is 0 Å². The summed E-state index contributed by atoms with van der Waals surface area (Å²) in [6, 6.07) is 0. The number of hydrogen-bond acceptors (Lipinski definition) is 0. The summed E-state index contributed by atoms with van der Waals surface area (Å²) >= 11 is 4.82. The van der Waals surface area contributed by atoms with Crippen LogP contribution in [0.4, 0.5) is 52.7 Å². The molecule has 0 aromatic heterocycles. The van der Waals surface area contributed by atoms with E-state index in [9.17, 15) is 52.7 Å². The molecule has 27 heavy (non-hydrogen) atoms. The third-order valence-electron chi connectivity index (χ3n) is 0.739. The predicted molar refractivity (Wildman–Crippen MR) is 76.5 cm³/mol. The molecule has 0 amide bonds. The van der Waals surface area contributed by atoms with Crippen molar-refractivity contribution < 1.29 is 80.2 Å². The van der Waals surface area contributed by atoms with Crippen LogP contribution in [0.2, 0.25) is 0 Å². The van der Waals surface area contributed by atoms with Gasteiger partial charge in [0.05, 0.1) is 0 Å². The average Bonchev–Trinajstić information content (AvgIpc) is 2.55. The molecular formula is C8Br2Cl3F12FeZn. The first-order chi connectivity index (χ1) is 12.1. The van der Waals surface area contributed by atoms with Gasteiger partial charge in [0, 0.05) is 0 Å². The van der Waals surface area contributed by atoms with Crippen molar-refractivity contribution in [2.24, 2.45) is 0 Å². The van der Waals surface area contributed by atoms with E-state index in [0.717, 1.165) is 0 Å². The molecule has 161 valence electrons. The van der Waals surface area contributed by atoms with Gasteiger partial charge in [0.2, 0.25) is 16.4 Å². The van der Waals surface area contributed by atoms with Crippen LogP contribution in [0.3, 0.4) is 0 Å². The fraction of sp³-hybridized carbons (Fsp3) is 0.